The van der Waals surface area contributed by atoms with Crippen LogP contribution in [-0.4, -0.2) is 73.4 Å². The predicted molar refractivity (Wildman–Crippen MR) is 150 cm³/mol. The number of nitrogen functional groups attached to an aromatic ring is 1. The molecule has 1 aliphatic rings. The van der Waals surface area contributed by atoms with Crippen molar-refractivity contribution in [2.24, 2.45) is 5.41 Å². The molecule has 1 aromatic heterocycles. The Kier molecular flexibility index (Phi) is 11.2. The third kappa shape index (κ3) is 8.65. The molecule has 3 unspecified atom stereocenters. The highest BCUT2D eigenvalue weighted by Crippen LogP contribution is 2.47. The zero-order valence-electron chi connectivity index (χ0n) is 23.5. The van der Waals surface area contributed by atoms with Crippen molar-refractivity contribution < 1.29 is 51.6 Å². The van der Waals surface area contributed by atoms with Gasteiger partial charge in [0.05, 0.1) is 30.8 Å². The molecule has 240 valence electrons. The van der Waals surface area contributed by atoms with Crippen LogP contribution in [0.2, 0.25) is 0 Å². The molecular weight excluding hydrogens is 620 g/mol. The van der Waals surface area contributed by atoms with Crippen LogP contribution in [-0.2, 0) is 35.9 Å². The van der Waals surface area contributed by atoms with E-state index >= 15 is 0 Å². The Morgan fingerprint density at radius 1 is 1.28 bits per heavy atom. The summed E-state index contributed by atoms with van der Waals surface area (Å²) < 4.78 is 71.5. The number of nitrogens with one attached hydrogen (secondary N) is 1. The average molecular weight is 655 g/mol. The van der Waals surface area contributed by atoms with Crippen molar-refractivity contribution in [3.8, 4) is 0 Å². The lowest BCUT2D eigenvalue weighted by Gasteiger charge is -2.27. The van der Waals surface area contributed by atoms with Crippen molar-refractivity contribution in [3.05, 3.63) is 58.1 Å². The van der Waals surface area contributed by atoms with E-state index in [0.717, 1.165) is 22.4 Å². The van der Waals surface area contributed by atoms with Crippen LogP contribution in [0.25, 0.3) is 0 Å². The van der Waals surface area contributed by atoms with Crippen molar-refractivity contribution in [2.75, 3.05) is 31.3 Å². The van der Waals surface area contributed by atoms with Crippen molar-refractivity contribution >= 4 is 30.4 Å². The summed E-state index contributed by atoms with van der Waals surface area (Å²) in [6.45, 7) is 2.19. The number of nitrogens with two attached hydrogens (primary N) is 1. The maximum absolute atomic E-state index is 13.7. The number of aliphatic hydroxyl groups excluding tert-OH is 2. The molecule has 18 heteroatoms. The zero-order valence-corrected chi connectivity index (χ0v) is 25.2. The molecule has 0 amide bonds. The highest BCUT2D eigenvalue weighted by molar-refractivity contribution is 8.13. The number of alkyl halides is 3. The second-order valence-electron chi connectivity index (χ2n) is 10.5. The van der Waals surface area contributed by atoms with Gasteiger partial charge in [-0.25, -0.2) is 14.4 Å². The number of carbonyl (C=O) groups is 1. The number of halogens is 3. The van der Waals surface area contributed by atoms with Crippen LogP contribution in [0.3, 0.4) is 0 Å². The van der Waals surface area contributed by atoms with E-state index in [1.54, 1.807) is 0 Å². The minimum Gasteiger partial charge on any atom is -0.395 e. The Hall–Kier alpha value is -2.34. The molecule has 1 aliphatic heterocycles. The minimum absolute atomic E-state index is 0.0389. The second-order valence-corrected chi connectivity index (χ2v) is 13.4. The summed E-state index contributed by atoms with van der Waals surface area (Å²) in [6.07, 6.45) is -8.02. The van der Waals surface area contributed by atoms with E-state index in [1.807, 2.05) is 0 Å². The van der Waals surface area contributed by atoms with E-state index in [0.29, 0.717) is 0 Å². The number of aromatic nitrogens is 2. The molecule has 0 saturated carbocycles. The van der Waals surface area contributed by atoms with Crippen molar-refractivity contribution in [1.29, 1.82) is 0 Å². The molecule has 43 heavy (non-hydrogen) atoms. The van der Waals surface area contributed by atoms with E-state index in [1.165, 1.54) is 51.2 Å². The summed E-state index contributed by atoms with van der Waals surface area (Å²) in [5, 5.41) is 33.0. The summed E-state index contributed by atoms with van der Waals surface area (Å²) in [6, 6.07) is 5.86. The minimum atomic E-state index is -4.70. The number of carbonyl (C=O) groups excluding carboxylic acids is 1. The van der Waals surface area contributed by atoms with Crippen LogP contribution < -0.4 is 16.5 Å². The molecule has 0 aliphatic carbocycles. The molecule has 3 rings (SSSR count). The van der Waals surface area contributed by atoms with E-state index < -0.39 is 74.4 Å². The molecule has 2 heterocycles. The Bertz CT molecular complexity index is 1390. The first kappa shape index (κ1) is 35.1. The summed E-state index contributed by atoms with van der Waals surface area (Å²) in [5.74, 6) is -0.126. The smallest absolute Gasteiger partial charge is 0.395 e. The lowest BCUT2D eigenvalue weighted by Crippen LogP contribution is -2.46. The first-order valence-electron chi connectivity index (χ1n) is 12.9. The van der Waals surface area contributed by atoms with Crippen molar-refractivity contribution in [2.45, 2.75) is 57.5 Å². The Labute approximate surface area is 249 Å². The lowest BCUT2D eigenvalue weighted by molar-refractivity contribution is -0.138. The number of aliphatic hydroxyl groups is 3. The van der Waals surface area contributed by atoms with Crippen LogP contribution in [0.1, 0.15) is 38.1 Å². The fraction of sp³-hybridized carbons (Fsp3) is 0.560. The average Bonchev–Trinajstić information content (AvgIpc) is 3.16. The van der Waals surface area contributed by atoms with Gasteiger partial charge in [-0.2, -0.15) is 18.2 Å². The van der Waals surface area contributed by atoms with Gasteiger partial charge in [0.2, 0.25) is 0 Å². The third-order valence-corrected chi connectivity index (χ3v) is 9.32. The number of benzene rings is 1. The van der Waals surface area contributed by atoms with Crippen molar-refractivity contribution in [3.63, 3.8) is 0 Å². The molecule has 5 atom stereocenters. The van der Waals surface area contributed by atoms with Gasteiger partial charge in [0, 0.05) is 18.5 Å². The molecule has 0 spiro atoms. The summed E-state index contributed by atoms with van der Waals surface area (Å²) in [5.41, 5.74) is 0.282. The standard InChI is InChI=1S/C25H34F3N4O9PS/c1-23(2,14-33)21(35)43-11-10-39-42(38,30-12-15-6-4-5-7-16(15)25(26,27)28)40-13-17-19(34)24(3,37)20(41-17)32-9-8-18(29)31-22(32)36/h4-9,17,19-20,33-34,37H,10-14H2,1-3H3,(H,30,38)(H2,29,31,36)/t17-,19?,20-,24?,42?/m1/s1. The Morgan fingerprint density at radius 2 is 1.95 bits per heavy atom. The number of hydrogen-bond acceptors (Lipinski definition) is 12. The maximum atomic E-state index is 13.7. The number of ether oxygens (including phenoxy) is 1. The molecule has 1 aromatic carbocycles. The topological polar surface area (TPSA) is 195 Å². The summed E-state index contributed by atoms with van der Waals surface area (Å²) in [7, 11) is -4.45. The fourth-order valence-corrected chi connectivity index (χ4v) is 6.19. The van der Waals surface area contributed by atoms with Gasteiger partial charge < -0.3 is 25.8 Å². The SMILES string of the molecule is CC(C)(CO)C(=O)SCCOP(=O)(NCc1ccccc1C(F)(F)F)OC[C@H]1O[C@@H](n2ccc(N)nc2=O)C(C)(O)C1O. The van der Waals surface area contributed by atoms with Crippen LogP contribution in [0.15, 0.2) is 41.3 Å². The Balaban J connectivity index is 1.76. The quantitative estimate of drug-likeness (QED) is 0.156. The number of hydrogen-bond donors (Lipinski definition) is 5. The maximum Gasteiger partial charge on any atom is 0.416 e. The van der Waals surface area contributed by atoms with Gasteiger partial charge in [0.15, 0.2) is 11.3 Å². The molecule has 1 fully saturated rings. The summed E-state index contributed by atoms with van der Waals surface area (Å²) >= 11 is 0.791. The lowest BCUT2D eigenvalue weighted by atomic mass is 9.96. The normalized spacial score (nSPS) is 24.2. The van der Waals surface area contributed by atoms with Gasteiger partial charge in [0.25, 0.3) is 0 Å². The zero-order chi connectivity index (χ0) is 32.2. The van der Waals surface area contributed by atoms with Crippen LogP contribution >= 0.6 is 19.5 Å². The van der Waals surface area contributed by atoms with E-state index in [2.05, 4.69) is 10.1 Å². The number of anilines is 1. The third-order valence-electron chi connectivity index (χ3n) is 6.58. The molecule has 13 nitrogen and oxygen atoms in total. The molecule has 6 N–H and O–H groups in total. The van der Waals surface area contributed by atoms with E-state index in [-0.39, 0.29) is 28.9 Å². The molecular formula is C25H34F3N4O9PS. The van der Waals surface area contributed by atoms with Gasteiger partial charge in [-0.05, 0) is 38.5 Å². The predicted octanol–water partition coefficient (Wildman–Crippen LogP) is 2.06. The first-order valence-corrected chi connectivity index (χ1v) is 15.4. The second kappa shape index (κ2) is 13.7. The summed E-state index contributed by atoms with van der Waals surface area (Å²) in [4.78, 5) is 28.1. The van der Waals surface area contributed by atoms with Crippen LogP contribution in [0.4, 0.5) is 19.0 Å². The number of nitrogens with zero attached hydrogens (tertiary/aromatic N) is 2. The number of thioether (sulfide) groups is 1. The van der Waals surface area contributed by atoms with E-state index in [9.17, 15) is 42.6 Å². The van der Waals surface area contributed by atoms with Gasteiger partial charge in [-0.15, -0.1) is 0 Å². The molecule has 1 saturated heterocycles. The van der Waals surface area contributed by atoms with Crippen LogP contribution in [0, 0.1) is 5.41 Å². The van der Waals surface area contributed by atoms with E-state index in [4.69, 9.17) is 19.5 Å². The van der Waals surface area contributed by atoms with Gasteiger partial charge >= 0.3 is 19.6 Å². The molecule has 2 aromatic rings. The van der Waals surface area contributed by atoms with Gasteiger partial charge in [-0.3, -0.25) is 18.4 Å². The van der Waals surface area contributed by atoms with Gasteiger partial charge in [-0.1, -0.05) is 30.0 Å². The first-order chi connectivity index (χ1) is 19.9. The largest absolute Gasteiger partial charge is 0.416 e. The van der Waals surface area contributed by atoms with Crippen molar-refractivity contribution in [1.82, 2.24) is 14.6 Å². The van der Waals surface area contributed by atoms with Gasteiger partial charge in [0.1, 0.15) is 23.6 Å². The molecule has 0 bridgehead atoms. The molecule has 0 radical (unpaired) electrons. The number of rotatable bonds is 13. The highest BCUT2D eigenvalue weighted by Gasteiger charge is 2.54. The monoisotopic (exact) mass is 654 g/mol. The Morgan fingerprint density at radius 3 is 2.58 bits per heavy atom. The van der Waals surface area contributed by atoms with Crippen LogP contribution in [0.5, 0.6) is 0 Å². The highest BCUT2D eigenvalue weighted by atomic mass is 32.2. The fourth-order valence-electron chi connectivity index (χ4n) is 3.97.